The van der Waals surface area contributed by atoms with Crippen LogP contribution < -0.4 is 10.1 Å². The molecular formula is C20H28BNO6. The molecule has 152 valence electrons. The van der Waals surface area contributed by atoms with Crippen molar-refractivity contribution in [3.05, 3.63) is 34.8 Å². The second-order valence-corrected chi connectivity index (χ2v) is 7.67. The number of esters is 1. The highest BCUT2D eigenvalue weighted by atomic mass is 16.7. The summed E-state index contributed by atoms with van der Waals surface area (Å²) in [5.74, 6) is -0.0430. The summed E-state index contributed by atoms with van der Waals surface area (Å²) in [6, 6.07) is 4.99. The summed E-state index contributed by atoms with van der Waals surface area (Å²) in [4.78, 5) is 23.4. The Hall–Kier alpha value is -2.32. The van der Waals surface area contributed by atoms with Crippen LogP contribution in [0.2, 0.25) is 0 Å². The van der Waals surface area contributed by atoms with E-state index in [1.807, 2.05) is 33.8 Å². The first-order chi connectivity index (χ1) is 13.0. The van der Waals surface area contributed by atoms with Gasteiger partial charge in [-0.3, -0.25) is 4.79 Å². The minimum atomic E-state index is -0.650. The van der Waals surface area contributed by atoms with Crippen LogP contribution in [0, 0.1) is 0 Å². The highest BCUT2D eigenvalue weighted by molar-refractivity contribution is 6.56. The van der Waals surface area contributed by atoms with E-state index in [0.717, 1.165) is 0 Å². The van der Waals surface area contributed by atoms with E-state index in [4.69, 9.17) is 18.8 Å². The Bertz CT molecular complexity index is 771. The molecule has 0 aliphatic carbocycles. The quantitative estimate of drug-likeness (QED) is 0.595. The first-order valence-corrected chi connectivity index (χ1v) is 9.07. The summed E-state index contributed by atoms with van der Waals surface area (Å²) >= 11 is 0. The van der Waals surface area contributed by atoms with Crippen LogP contribution in [0.3, 0.4) is 0 Å². The minimum Gasteiger partial charge on any atom is -0.496 e. The number of amides is 1. The number of carbonyl (C=O) groups is 2. The van der Waals surface area contributed by atoms with E-state index in [9.17, 15) is 9.59 Å². The van der Waals surface area contributed by atoms with E-state index in [2.05, 4.69) is 5.32 Å². The normalized spacial score (nSPS) is 18.0. The van der Waals surface area contributed by atoms with Gasteiger partial charge >= 0.3 is 13.1 Å². The third-order valence-corrected chi connectivity index (χ3v) is 5.09. The highest BCUT2D eigenvalue weighted by Gasteiger charge is 2.52. The maximum absolute atomic E-state index is 11.9. The number of hydrogen-bond donors (Lipinski definition) is 1. The van der Waals surface area contributed by atoms with Crippen LogP contribution in [0.15, 0.2) is 23.7 Å². The molecule has 0 saturated carbocycles. The number of nitrogens with one attached hydrogen (secondary N) is 1. The van der Waals surface area contributed by atoms with E-state index in [0.29, 0.717) is 22.3 Å². The standard InChI is InChI=1S/C20H28BNO6/c1-13(23)22-12-16(21-27-19(2,3)20(4,5)28-21)11-15-10-14(18(24)26-7)8-9-17(15)25-6/h8-11H,12H2,1-7H3,(H,22,23). The lowest BCUT2D eigenvalue weighted by Crippen LogP contribution is -2.41. The molecule has 1 heterocycles. The summed E-state index contributed by atoms with van der Waals surface area (Å²) in [5, 5.41) is 2.78. The van der Waals surface area contributed by atoms with E-state index in [-0.39, 0.29) is 12.5 Å². The lowest BCUT2D eigenvalue weighted by Gasteiger charge is -2.32. The average molecular weight is 389 g/mol. The largest absolute Gasteiger partial charge is 0.496 e. The minimum absolute atomic E-state index is 0.169. The van der Waals surface area contributed by atoms with Crippen molar-refractivity contribution < 1.29 is 28.4 Å². The molecule has 0 bridgehead atoms. The van der Waals surface area contributed by atoms with Crippen molar-refractivity contribution in [2.24, 2.45) is 0 Å². The van der Waals surface area contributed by atoms with Crippen LogP contribution in [0.25, 0.3) is 6.08 Å². The van der Waals surface area contributed by atoms with Crippen LogP contribution in [-0.2, 0) is 18.8 Å². The Morgan fingerprint density at radius 2 is 1.75 bits per heavy atom. The second kappa shape index (κ2) is 8.37. The van der Waals surface area contributed by atoms with Crippen LogP contribution in [0.1, 0.15) is 50.5 Å². The van der Waals surface area contributed by atoms with Crippen molar-refractivity contribution in [1.29, 1.82) is 0 Å². The van der Waals surface area contributed by atoms with E-state index in [1.54, 1.807) is 25.3 Å². The number of rotatable bonds is 6. The topological polar surface area (TPSA) is 83.1 Å². The fraction of sp³-hybridized carbons (Fsp3) is 0.500. The number of benzene rings is 1. The monoisotopic (exact) mass is 389 g/mol. The molecule has 1 aliphatic rings. The van der Waals surface area contributed by atoms with Gasteiger partial charge in [-0.2, -0.15) is 0 Å². The fourth-order valence-electron chi connectivity index (χ4n) is 2.72. The zero-order valence-electron chi connectivity index (χ0n) is 17.5. The molecular weight excluding hydrogens is 361 g/mol. The van der Waals surface area contributed by atoms with Gasteiger partial charge in [0.05, 0.1) is 31.0 Å². The smallest absolute Gasteiger partial charge is 0.492 e. The molecule has 1 saturated heterocycles. The summed E-state index contributed by atoms with van der Waals surface area (Å²) in [6.07, 6.45) is 1.81. The summed E-state index contributed by atoms with van der Waals surface area (Å²) in [5.41, 5.74) is 0.701. The van der Waals surface area contributed by atoms with Gasteiger partial charge in [0, 0.05) is 19.0 Å². The molecule has 0 spiro atoms. The number of carbonyl (C=O) groups excluding carboxylic acids is 2. The fourth-order valence-corrected chi connectivity index (χ4v) is 2.72. The molecule has 0 aromatic heterocycles. The van der Waals surface area contributed by atoms with Crippen molar-refractivity contribution in [3.8, 4) is 5.75 Å². The summed E-state index contributed by atoms with van der Waals surface area (Å²) < 4.78 is 22.5. The Kier molecular flexibility index (Phi) is 6.57. The predicted molar refractivity (Wildman–Crippen MR) is 107 cm³/mol. The van der Waals surface area contributed by atoms with E-state index >= 15 is 0 Å². The van der Waals surface area contributed by atoms with Crippen LogP contribution in [0.5, 0.6) is 5.75 Å². The SMILES string of the molecule is COC(=O)c1ccc(OC)c(C=C(CNC(C)=O)B2OC(C)(C)C(C)(C)O2)c1. The number of hydrogen-bond acceptors (Lipinski definition) is 6. The summed E-state index contributed by atoms with van der Waals surface area (Å²) in [7, 11) is 2.23. The third kappa shape index (κ3) is 4.74. The van der Waals surface area contributed by atoms with Crippen molar-refractivity contribution in [2.75, 3.05) is 20.8 Å². The molecule has 1 fully saturated rings. The van der Waals surface area contributed by atoms with Gasteiger partial charge in [0.2, 0.25) is 5.91 Å². The third-order valence-electron chi connectivity index (χ3n) is 5.09. The van der Waals surface area contributed by atoms with Gasteiger partial charge in [0.25, 0.3) is 0 Å². The Morgan fingerprint density at radius 1 is 1.14 bits per heavy atom. The highest BCUT2D eigenvalue weighted by Crippen LogP contribution is 2.39. The van der Waals surface area contributed by atoms with Crippen molar-refractivity contribution in [3.63, 3.8) is 0 Å². The zero-order chi connectivity index (χ0) is 21.1. The maximum atomic E-state index is 11.9. The molecule has 0 unspecified atom stereocenters. The zero-order valence-corrected chi connectivity index (χ0v) is 17.5. The van der Waals surface area contributed by atoms with Gasteiger partial charge in [0.1, 0.15) is 5.75 Å². The van der Waals surface area contributed by atoms with Gasteiger partial charge < -0.3 is 24.1 Å². The molecule has 1 aromatic rings. The van der Waals surface area contributed by atoms with Gasteiger partial charge in [-0.1, -0.05) is 6.08 Å². The lowest BCUT2D eigenvalue weighted by atomic mass is 9.76. The van der Waals surface area contributed by atoms with Gasteiger partial charge in [-0.15, -0.1) is 0 Å². The Balaban J connectivity index is 2.47. The molecule has 1 amide bonds. The molecule has 7 nitrogen and oxygen atoms in total. The molecule has 2 rings (SSSR count). The van der Waals surface area contributed by atoms with Crippen molar-refractivity contribution in [2.45, 2.75) is 45.8 Å². The molecule has 0 radical (unpaired) electrons. The van der Waals surface area contributed by atoms with Gasteiger partial charge in [-0.25, -0.2) is 4.79 Å². The molecule has 1 aromatic carbocycles. The Morgan fingerprint density at radius 3 is 2.25 bits per heavy atom. The summed E-state index contributed by atoms with van der Waals surface area (Å²) in [6.45, 7) is 9.52. The van der Waals surface area contributed by atoms with E-state index in [1.165, 1.54) is 14.0 Å². The second-order valence-electron chi connectivity index (χ2n) is 7.67. The van der Waals surface area contributed by atoms with Gasteiger partial charge in [-0.05, 0) is 51.4 Å². The molecule has 1 aliphatic heterocycles. The Labute approximate surface area is 166 Å². The van der Waals surface area contributed by atoms with Gasteiger partial charge in [0.15, 0.2) is 0 Å². The van der Waals surface area contributed by atoms with Crippen molar-refractivity contribution in [1.82, 2.24) is 5.32 Å². The maximum Gasteiger partial charge on any atom is 0.492 e. The first kappa shape index (κ1) is 22.0. The molecule has 1 N–H and O–H groups in total. The molecule has 8 heteroatoms. The lowest BCUT2D eigenvalue weighted by molar-refractivity contribution is -0.118. The number of ether oxygens (including phenoxy) is 2. The molecule has 28 heavy (non-hydrogen) atoms. The van der Waals surface area contributed by atoms with Crippen LogP contribution >= 0.6 is 0 Å². The predicted octanol–water partition coefficient (Wildman–Crippen LogP) is 2.63. The van der Waals surface area contributed by atoms with Crippen molar-refractivity contribution >= 4 is 25.1 Å². The molecule has 0 atom stereocenters. The first-order valence-electron chi connectivity index (χ1n) is 9.07. The van der Waals surface area contributed by atoms with Crippen LogP contribution in [0.4, 0.5) is 0 Å². The number of methoxy groups -OCH3 is 2. The average Bonchev–Trinajstić information content (AvgIpc) is 2.84. The van der Waals surface area contributed by atoms with Crippen LogP contribution in [-0.4, -0.2) is 51.0 Å². The van der Waals surface area contributed by atoms with E-state index < -0.39 is 24.3 Å².